The van der Waals surface area contributed by atoms with Gasteiger partial charge in [-0.1, -0.05) is 13.3 Å². The highest BCUT2D eigenvalue weighted by Crippen LogP contribution is 2.16. The zero-order chi connectivity index (χ0) is 20.7. The minimum absolute atomic E-state index is 0.0828. The highest BCUT2D eigenvalue weighted by Gasteiger charge is 2.30. The summed E-state index contributed by atoms with van der Waals surface area (Å²) in [6.07, 6.45) is 2.01. The molecule has 0 bridgehead atoms. The topological polar surface area (TPSA) is 79.0 Å². The number of sulfonamides is 1. The van der Waals surface area contributed by atoms with Crippen LogP contribution >= 0.6 is 0 Å². The lowest BCUT2D eigenvalue weighted by atomic mass is 10.2. The zero-order valence-electron chi connectivity index (χ0n) is 17.3. The maximum absolute atomic E-state index is 12.5. The number of hydrogen-bond donors (Lipinski definition) is 1. The van der Waals surface area contributed by atoms with Crippen LogP contribution in [0.5, 0.6) is 0 Å². The first kappa shape index (κ1) is 22.6. The standard InChI is InChI=1S/C20H33N3O4S/c1-5-6-12-22(4)19-9-7-18(8-10-19)20(24)21-11-13-28(25,26)23-14-16(2)27-17(3)15-23/h7-10,16-17H,5-6,11-15H2,1-4H3,(H,21,24). The summed E-state index contributed by atoms with van der Waals surface area (Å²) in [4.78, 5) is 14.5. The third-order valence-electron chi connectivity index (χ3n) is 4.84. The van der Waals surface area contributed by atoms with Crippen LogP contribution in [0.25, 0.3) is 0 Å². The van der Waals surface area contributed by atoms with Gasteiger partial charge in [-0.2, -0.15) is 4.31 Å². The van der Waals surface area contributed by atoms with Crippen LogP contribution in [0.2, 0.25) is 0 Å². The maximum atomic E-state index is 12.5. The first-order valence-electron chi connectivity index (χ1n) is 9.95. The van der Waals surface area contributed by atoms with Crippen LogP contribution in [0.1, 0.15) is 44.0 Å². The average Bonchev–Trinajstić information content (AvgIpc) is 2.65. The van der Waals surface area contributed by atoms with Crippen LogP contribution in [-0.2, 0) is 14.8 Å². The largest absolute Gasteiger partial charge is 0.375 e. The summed E-state index contributed by atoms with van der Waals surface area (Å²) in [6, 6.07) is 7.37. The molecule has 7 nitrogen and oxygen atoms in total. The van der Waals surface area contributed by atoms with Gasteiger partial charge < -0.3 is 15.0 Å². The van der Waals surface area contributed by atoms with E-state index >= 15 is 0 Å². The van der Waals surface area contributed by atoms with E-state index in [1.807, 2.05) is 33.0 Å². The number of nitrogens with zero attached hydrogens (tertiary/aromatic N) is 2. The monoisotopic (exact) mass is 411 g/mol. The van der Waals surface area contributed by atoms with E-state index in [4.69, 9.17) is 4.74 Å². The van der Waals surface area contributed by atoms with Crippen molar-refractivity contribution in [1.29, 1.82) is 0 Å². The van der Waals surface area contributed by atoms with Gasteiger partial charge in [-0.15, -0.1) is 0 Å². The lowest BCUT2D eigenvalue weighted by Crippen LogP contribution is -2.49. The van der Waals surface area contributed by atoms with E-state index in [-0.39, 0.29) is 30.4 Å². The molecular formula is C20H33N3O4S. The minimum atomic E-state index is -3.42. The lowest BCUT2D eigenvalue weighted by Gasteiger charge is -2.34. The number of carbonyl (C=O) groups excluding carboxylic acids is 1. The van der Waals surface area contributed by atoms with Crippen LogP contribution in [-0.4, -0.2) is 69.8 Å². The van der Waals surface area contributed by atoms with Gasteiger partial charge in [-0.3, -0.25) is 4.79 Å². The highest BCUT2D eigenvalue weighted by molar-refractivity contribution is 7.89. The molecule has 1 N–H and O–H groups in total. The number of unbranched alkanes of at least 4 members (excludes halogenated alkanes) is 1. The van der Waals surface area contributed by atoms with Crippen LogP contribution in [0.3, 0.4) is 0 Å². The SMILES string of the molecule is CCCCN(C)c1ccc(C(=O)NCCS(=O)(=O)N2CC(C)OC(C)C2)cc1. The number of benzene rings is 1. The van der Waals surface area contributed by atoms with Gasteiger partial charge in [0.15, 0.2) is 0 Å². The number of rotatable bonds is 9. The molecule has 1 aliphatic heterocycles. The number of ether oxygens (including phenoxy) is 1. The molecule has 0 aliphatic carbocycles. The first-order chi connectivity index (χ1) is 13.2. The molecule has 158 valence electrons. The number of hydrogen-bond acceptors (Lipinski definition) is 5. The molecule has 1 fully saturated rings. The minimum Gasteiger partial charge on any atom is -0.375 e. The van der Waals surface area contributed by atoms with Gasteiger partial charge >= 0.3 is 0 Å². The maximum Gasteiger partial charge on any atom is 0.251 e. The van der Waals surface area contributed by atoms with E-state index < -0.39 is 10.0 Å². The normalized spacial score (nSPS) is 20.7. The predicted molar refractivity (Wildman–Crippen MR) is 112 cm³/mol. The third kappa shape index (κ3) is 6.46. The Hall–Kier alpha value is -1.64. The molecule has 2 atom stereocenters. The van der Waals surface area contributed by atoms with Crippen LogP contribution < -0.4 is 10.2 Å². The number of carbonyl (C=O) groups is 1. The quantitative estimate of drug-likeness (QED) is 0.673. The van der Waals surface area contributed by atoms with Gasteiger partial charge in [0.2, 0.25) is 10.0 Å². The van der Waals surface area contributed by atoms with Crippen molar-refractivity contribution >= 4 is 21.6 Å². The molecule has 0 radical (unpaired) electrons. The Bertz CT molecular complexity index is 726. The van der Waals surface area contributed by atoms with Crippen LogP contribution in [0, 0.1) is 0 Å². The molecule has 1 aromatic rings. The van der Waals surface area contributed by atoms with Gasteiger partial charge in [0.05, 0.1) is 18.0 Å². The van der Waals surface area contributed by atoms with Crippen molar-refractivity contribution in [3.8, 4) is 0 Å². The molecule has 0 saturated carbocycles. The zero-order valence-corrected chi connectivity index (χ0v) is 18.2. The van der Waals surface area contributed by atoms with Crippen molar-refractivity contribution < 1.29 is 17.9 Å². The van der Waals surface area contributed by atoms with E-state index in [1.54, 1.807) is 12.1 Å². The number of anilines is 1. The summed E-state index contributed by atoms with van der Waals surface area (Å²) in [5, 5.41) is 2.71. The summed E-state index contributed by atoms with van der Waals surface area (Å²) < 4.78 is 32.1. The van der Waals surface area contributed by atoms with Crippen molar-refractivity contribution in [3.63, 3.8) is 0 Å². The van der Waals surface area contributed by atoms with Gasteiger partial charge in [0, 0.05) is 44.5 Å². The highest BCUT2D eigenvalue weighted by atomic mass is 32.2. The molecule has 1 heterocycles. The van der Waals surface area contributed by atoms with Crippen molar-refractivity contribution in [2.45, 2.75) is 45.8 Å². The molecule has 1 amide bonds. The Morgan fingerprint density at radius 3 is 2.39 bits per heavy atom. The van der Waals surface area contributed by atoms with E-state index in [0.29, 0.717) is 18.7 Å². The molecule has 1 aliphatic rings. The summed E-state index contributed by atoms with van der Waals surface area (Å²) in [6.45, 7) is 7.65. The smallest absolute Gasteiger partial charge is 0.251 e. The van der Waals surface area contributed by atoms with Crippen molar-refractivity contribution in [2.24, 2.45) is 0 Å². The van der Waals surface area contributed by atoms with Gasteiger partial charge in [0.25, 0.3) is 5.91 Å². The van der Waals surface area contributed by atoms with Crippen molar-refractivity contribution in [1.82, 2.24) is 9.62 Å². The molecule has 1 aromatic carbocycles. The van der Waals surface area contributed by atoms with Gasteiger partial charge in [0.1, 0.15) is 0 Å². The Kier molecular flexibility index (Phi) is 8.27. The van der Waals surface area contributed by atoms with Gasteiger partial charge in [-0.25, -0.2) is 8.42 Å². The molecule has 2 rings (SSSR count). The molecule has 2 unspecified atom stereocenters. The second-order valence-corrected chi connectivity index (χ2v) is 9.56. The van der Waals surface area contributed by atoms with E-state index in [9.17, 15) is 13.2 Å². The summed E-state index contributed by atoms with van der Waals surface area (Å²) in [7, 11) is -1.39. The van der Waals surface area contributed by atoms with Crippen LogP contribution in [0.4, 0.5) is 5.69 Å². The predicted octanol–water partition coefficient (Wildman–Crippen LogP) is 2.09. The molecule has 8 heteroatoms. The first-order valence-corrected chi connectivity index (χ1v) is 11.6. The van der Waals surface area contributed by atoms with Crippen molar-refractivity contribution in [3.05, 3.63) is 29.8 Å². The van der Waals surface area contributed by atoms with E-state index in [1.165, 1.54) is 4.31 Å². The summed E-state index contributed by atoms with van der Waals surface area (Å²) in [5.74, 6) is -0.377. The fourth-order valence-corrected chi connectivity index (χ4v) is 4.77. The fraction of sp³-hybridized carbons (Fsp3) is 0.650. The van der Waals surface area contributed by atoms with E-state index in [2.05, 4.69) is 17.1 Å². The lowest BCUT2D eigenvalue weighted by molar-refractivity contribution is -0.0440. The second kappa shape index (κ2) is 10.2. The fourth-order valence-electron chi connectivity index (χ4n) is 3.27. The Labute approximate surface area is 169 Å². The molecule has 0 spiro atoms. The summed E-state index contributed by atoms with van der Waals surface area (Å²) in [5.41, 5.74) is 1.58. The summed E-state index contributed by atoms with van der Waals surface area (Å²) >= 11 is 0. The molecule has 0 aromatic heterocycles. The van der Waals surface area contributed by atoms with Gasteiger partial charge in [-0.05, 0) is 44.5 Å². The van der Waals surface area contributed by atoms with Crippen molar-refractivity contribution in [2.75, 3.05) is 43.9 Å². The molecule has 28 heavy (non-hydrogen) atoms. The third-order valence-corrected chi connectivity index (χ3v) is 6.65. The number of nitrogens with one attached hydrogen (secondary N) is 1. The van der Waals surface area contributed by atoms with Crippen LogP contribution in [0.15, 0.2) is 24.3 Å². The Balaban J connectivity index is 1.84. The number of morpholine rings is 1. The molecule has 1 saturated heterocycles. The second-order valence-electron chi connectivity index (χ2n) is 7.47. The molecular weight excluding hydrogens is 378 g/mol. The number of amides is 1. The Morgan fingerprint density at radius 2 is 1.82 bits per heavy atom. The average molecular weight is 412 g/mol. The Morgan fingerprint density at radius 1 is 1.21 bits per heavy atom. The van der Waals surface area contributed by atoms with E-state index in [0.717, 1.165) is 25.1 Å².